The summed E-state index contributed by atoms with van der Waals surface area (Å²) in [5, 5.41) is 12.3. The topological polar surface area (TPSA) is 142 Å². The highest BCUT2D eigenvalue weighted by Crippen LogP contribution is 2.45. The number of hydroxylamine groups is 1. The maximum absolute atomic E-state index is 13.9. The summed E-state index contributed by atoms with van der Waals surface area (Å²) < 4.78 is 31.5. The molecule has 3 heterocycles. The van der Waals surface area contributed by atoms with Crippen LogP contribution in [0.5, 0.6) is 0 Å². The molecule has 3 N–H and O–H groups in total. The molecule has 1 fully saturated rings. The molecule has 0 spiro atoms. The normalized spacial score (nSPS) is 19.2. The molecule has 0 aliphatic carbocycles. The van der Waals surface area contributed by atoms with E-state index in [4.69, 9.17) is 4.42 Å². The summed E-state index contributed by atoms with van der Waals surface area (Å²) in [4.78, 5) is 32.4. The number of thiophene rings is 1. The van der Waals surface area contributed by atoms with E-state index in [2.05, 4.69) is 10.3 Å². The van der Waals surface area contributed by atoms with E-state index in [0.717, 1.165) is 21.6 Å². The van der Waals surface area contributed by atoms with Gasteiger partial charge in [0.15, 0.2) is 22.0 Å². The number of benzene rings is 2. The first-order valence-corrected chi connectivity index (χ1v) is 15.5. The maximum atomic E-state index is 13.9. The largest absolute Gasteiger partial charge is 0.444 e. The standard InChI is InChI=1S/C29H30N4O6S2/c1-20(21-5-3-2-4-6-21)31-28(35)33-14-13-29(17-27(34)32-36,41(37,38)16-15-33)26-12-11-25(40-26)23-9-7-22(8-10-23)24-18-30-19-39-24/h2-12,18-20,36H,13-17H2,1H3,(H,31,35)(H,32,34)/t20-,29?/m0/s1. The summed E-state index contributed by atoms with van der Waals surface area (Å²) in [5.74, 6) is -0.498. The summed E-state index contributed by atoms with van der Waals surface area (Å²) in [6.07, 6.45) is 2.52. The van der Waals surface area contributed by atoms with Crippen LogP contribution in [-0.4, -0.2) is 54.3 Å². The molecular formula is C29H30N4O6S2. The van der Waals surface area contributed by atoms with Crippen molar-refractivity contribution >= 4 is 33.1 Å². The summed E-state index contributed by atoms with van der Waals surface area (Å²) in [6, 6.07) is 20.0. The first-order valence-electron chi connectivity index (χ1n) is 13.1. The highest BCUT2D eigenvalue weighted by Gasteiger charge is 2.50. The molecular weight excluding hydrogens is 564 g/mol. The molecule has 10 nitrogen and oxygen atoms in total. The van der Waals surface area contributed by atoms with Crippen LogP contribution >= 0.6 is 11.3 Å². The van der Waals surface area contributed by atoms with Gasteiger partial charge in [-0.25, -0.2) is 23.7 Å². The number of hydrogen-bond donors (Lipinski definition) is 3. The molecule has 214 valence electrons. The fourth-order valence-corrected chi connectivity index (χ4v) is 8.68. The van der Waals surface area contributed by atoms with E-state index in [9.17, 15) is 23.2 Å². The zero-order chi connectivity index (χ0) is 29.0. The van der Waals surface area contributed by atoms with Gasteiger partial charge in [-0.05, 0) is 36.6 Å². The Bertz CT molecular complexity index is 1600. The lowest BCUT2D eigenvalue weighted by Crippen LogP contribution is -2.42. The minimum absolute atomic E-state index is 0.000274. The van der Waals surface area contributed by atoms with E-state index in [-0.39, 0.29) is 37.3 Å². The van der Waals surface area contributed by atoms with Gasteiger partial charge in [0, 0.05) is 28.4 Å². The van der Waals surface area contributed by atoms with Gasteiger partial charge in [-0.1, -0.05) is 54.6 Å². The second-order valence-electron chi connectivity index (χ2n) is 9.95. The molecule has 0 saturated carbocycles. The number of carbonyl (C=O) groups is 2. The van der Waals surface area contributed by atoms with Gasteiger partial charge in [-0.3, -0.25) is 10.0 Å². The van der Waals surface area contributed by atoms with E-state index in [1.165, 1.54) is 22.6 Å². The lowest BCUT2D eigenvalue weighted by atomic mass is 9.97. The highest BCUT2D eigenvalue weighted by molar-refractivity contribution is 7.92. The van der Waals surface area contributed by atoms with Crippen molar-refractivity contribution in [1.29, 1.82) is 0 Å². The quantitative estimate of drug-likeness (QED) is 0.207. The average Bonchev–Trinajstić information content (AvgIpc) is 3.68. The number of carbonyl (C=O) groups excluding carboxylic acids is 2. The van der Waals surface area contributed by atoms with Crippen molar-refractivity contribution in [3.8, 4) is 21.8 Å². The molecule has 0 radical (unpaired) electrons. The van der Waals surface area contributed by atoms with Gasteiger partial charge in [0.2, 0.25) is 5.91 Å². The number of urea groups is 1. The molecule has 0 bridgehead atoms. The Hall–Kier alpha value is -4.00. The number of oxazole rings is 1. The van der Waals surface area contributed by atoms with Gasteiger partial charge in [0.1, 0.15) is 4.75 Å². The number of sulfone groups is 1. The first kappa shape index (κ1) is 28.5. The van der Waals surface area contributed by atoms with Gasteiger partial charge in [0.05, 0.1) is 24.4 Å². The maximum Gasteiger partial charge on any atom is 0.317 e. The van der Waals surface area contributed by atoms with Crippen LogP contribution in [0.4, 0.5) is 4.79 Å². The minimum Gasteiger partial charge on any atom is -0.444 e. The molecule has 1 unspecified atom stereocenters. The molecule has 1 aliphatic heterocycles. The second kappa shape index (κ2) is 11.9. The predicted octanol–water partition coefficient (Wildman–Crippen LogP) is 4.75. The Kier molecular flexibility index (Phi) is 8.25. The average molecular weight is 595 g/mol. The van der Waals surface area contributed by atoms with Gasteiger partial charge in [0.25, 0.3) is 0 Å². The molecule has 3 amide bonds. The highest BCUT2D eigenvalue weighted by atomic mass is 32.2. The Morgan fingerprint density at radius 3 is 2.49 bits per heavy atom. The molecule has 2 aromatic heterocycles. The monoisotopic (exact) mass is 594 g/mol. The molecule has 1 saturated heterocycles. The summed E-state index contributed by atoms with van der Waals surface area (Å²) >= 11 is 1.28. The molecule has 4 aromatic rings. The Morgan fingerprint density at radius 1 is 1.07 bits per heavy atom. The van der Waals surface area contributed by atoms with Crippen LogP contribution in [0, 0.1) is 0 Å². The van der Waals surface area contributed by atoms with Crippen LogP contribution in [0.1, 0.15) is 36.2 Å². The van der Waals surface area contributed by atoms with E-state index in [0.29, 0.717) is 10.6 Å². The molecule has 12 heteroatoms. The van der Waals surface area contributed by atoms with Crippen molar-refractivity contribution in [1.82, 2.24) is 20.7 Å². The summed E-state index contributed by atoms with van der Waals surface area (Å²) in [7, 11) is -3.93. The summed E-state index contributed by atoms with van der Waals surface area (Å²) in [6.45, 7) is 1.97. The predicted molar refractivity (Wildman–Crippen MR) is 155 cm³/mol. The number of rotatable bonds is 7. The lowest BCUT2D eigenvalue weighted by molar-refractivity contribution is -0.129. The lowest BCUT2D eigenvalue weighted by Gasteiger charge is -2.30. The van der Waals surface area contributed by atoms with Gasteiger partial charge in [-0.2, -0.15) is 0 Å². The van der Waals surface area contributed by atoms with Crippen molar-refractivity contribution in [2.45, 2.75) is 30.6 Å². The first-order chi connectivity index (χ1) is 19.7. The van der Waals surface area contributed by atoms with Gasteiger partial charge < -0.3 is 14.6 Å². The van der Waals surface area contributed by atoms with E-state index in [1.807, 2.05) is 67.6 Å². The molecule has 1 aliphatic rings. The second-order valence-corrected chi connectivity index (χ2v) is 13.5. The Labute approximate surface area is 241 Å². The van der Waals surface area contributed by atoms with Crippen LogP contribution in [0.3, 0.4) is 0 Å². The number of hydrogen-bond acceptors (Lipinski definition) is 8. The Balaban J connectivity index is 1.41. The number of nitrogens with one attached hydrogen (secondary N) is 2. The molecule has 5 rings (SSSR count). The number of aromatic nitrogens is 1. The van der Waals surface area contributed by atoms with Crippen molar-refractivity contribution in [2.75, 3.05) is 18.8 Å². The SMILES string of the molecule is C[C@H](NC(=O)N1CCC(CC(=O)NO)(c2ccc(-c3ccc(-c4cnco4)cc3)s2)S(=O)(=O)CC1)c1ccccc1. The van der Waals surface area contributed by atoms with Gasteiger partial charge >= 0.3 is 6.03 Å². The van der Waals surface area contributed by atoms with Gasteiger partial charge in [-0.15, -0.1) is 11.3 Å². The van der Waals surface area contributed by atoms with Crippen LogP contribution in [-0.2, 0) is 19.4 Å². The van der Waals surface area contributed by atoms with Crippen LogP contribution in [0.2, 0.25) is 0 Å². The third kappa shape index (κ3) is 5.90. The molecule has 2 aromatic carbocycles. The molecule has 41 heavy (non-hydrogen) atoms. The third-order valence-corrected chi connectivity index (χ3v) is 11.4. The van der Waals surface area contributed by atoms with E-state index < -0.39 is 26.9 Å². The van der Waals surface area contributed by atoms with Crippen LogP contribution in [0.15, 0.2) is 83.7 Å². The van der Waals surface area contributed by atoms with Crippen molar-refractivity contribution in [3.63, 3.8) is 0 Å². The fraction of sp³-hybridized carbons (Fsp3) is 0.276. The van der Waals surface area contributed by atoms with Crippen molar-refractivity contribution < 1.29 is 27.6 Å². The van der Waals surface area contributed by atoms with Crippen LogP contribution in [0.25, 0.3) is 21.8 Å². The number of amides is 3. The van der Waals surface area contributed by atoms with E-state index in [1.54, 1.807) is 17.7 Å². The fourth-order valence-electron chi connectivity index (χ4n) is 5.07. The minimum atomic E-state index is -3.93. The van der Waals surface area contributed by atoms with Crippen molar-refractivity contribution in [3.05, 3.63) is 89.8 Å². The smallest absolute Gasteiger partial charge is 0.317 e. The Morgan fingerprint density at radius 2 is 1.80 bits per heavy atom. The third-order valence-electron chi connectivity index (χ3n) is 7.45. The van der Waals surface area contributed by atoms with Crippen molar-refractivity contribution in [2.24, 2.45) is 0 Å². The summed E-state index contributed by atoms with van der Waals surface area (Å²) in [5.41, 5.74) is 4.24. The number of nitrogens with zero attached hydrogens (tertiary/aromatic N) is 2. The van der Waals surface area contributed by atoms with Crippen LogP contribution < -0.4 is 10.8 Å². The molecule has 2 atom stereocenters. The van der Waals surface area contributed by atoms with E-state index >= 15 is 0 Å². The zero-order valence-electron chi connectivity index (χ0n) is 22.3. The zero-order valence-corrected chi connectivity index (χ0v) is 24.0.